The molecule has 0 bridgehead atoms. The van der Waals surface area contributed by atoms with Crippen molar-refractivity contribution < 1.29 is 9.59 Å². The predicted molar refractivity (Wildman–Crippen MR) is 78.3 cm³/mol. The number of halogens is 1. The van der Waals surface area contributed by atoms with Crippen LogP contribution in [0.1, 0.15) is 33.6 Å². The first-order chi connectivity index (χ1) is 8.46. The molecule has 1 rings (SSSR count). The summed E-state index contributed by atoms with van der Waals surface area (Å²) >= 11 is 0. The van der Waals surface area contributed by atoms with Gasteiger partial charge in [0, 0.05) is 25.6 Å². The molecule has 2 amide bonds. The molecular weight excluding hydrogens is 266 g/mol. The van der Waals surface area contributed by atoms with Gasteiger partial charge in [-0.15, -0.1) is 12.4 Å². The fraction of sp³-hybridized carbons (Fsp3) is 0.846. The summed E-state index contributed by atoms with van der Waals surface area (Å²) in [7, 11) is 0. The van der Waals surface area contributed by atoms with E-state index in [0.717, 1.165) is 25.9 Å². The summed E-state index contributed by atoms with van der Waals surface area (Å²) in [4.78, 5) is 23.4. The van der Waals surface area contributed by atoms with E-state index >= 15 is 0 Å². The van der Waals surface area contributed by atoms with E-state index < -0.39 is 0 Å². The maximum Gasteiger partial charge on any atom is 0.227 e. The minimum absolute atomic E-state index is 0. The molecule has 1 saturated heterocycles. The van der Waals surface area contributed by atoms with E-state index in [4.69, 9.17) is 0 Å². The Bertz CT molecular complexity index is 302. The van der Waals surface area contributed by atoms with Crippen LogP contribution in [0.2, 0.25) is 0 Å². The van der Waals surface area contributed by atoms with Gasteiger partial charge in [-0.25, -0.2) is 0 Å². The molecule has 1 aliphatic rings. The molecular formula is C13H26ClN3O2. The second kappa shape index (κ2) is 8.38. The topological polar surface area (TPSA) is 70.2 Å². The first kappa shape index (κ1) is 18.2. The van der Waals surface area contributed by atoms with Crippen LogP contribution >= 0.6 is 12.4 Å². The maximum atomic E-state index is 12.0. The number of carbonyl (C=O) groups excluding carboxylic acids is 2. The van der Waals surface area contributed by atoms with Gasteiger partial charge in [0.2, 0.25) is 11.8 Å². The molecule has 1 atom stereocenters. The average molecular weight is 292 g/mol. The zero-order valence-corrected chi connectivity index (χ0v) is 12.9. The molecule has 0 aliphatic carbocycles. The third-order valence-electron chi connectivity index (χ3n) is 3.38. The van der Waals surface area contributed by atoms with Crippen LogP contribution in [0.4, 0.5) is 0 Å². The Morgan fingerprint density at radius 2 is 1.89 bits per heavy atom. The van der Waals surface area contributed by atoms with E-state index in [1.807, 2.05) is 20.8 Å². The van der Waals surface area contributed by atoms with Gasteiger partial charge >= 0.3 is 0 Å². The summed E-state index contributed by atoms with van der Waals surface area (Å²) in [5.41, 5.74) is -0.305. The maximum absolute atomic E-state index is 12.0. The van der Waals surface area contributed by atoms with Gasteiger partial charge in [0.05, 0.1) is 5.41 Å². The fourth-order valence-corrected chi connectivity index (χ4v) is 2.03. The second-order valence-electron chi connectivity index (χ2n) is 5.54. The van der Waals surface area contributed by atoms with Crippen LogP contribution in [-0.2, 0) is 9.59 Å². The monoisotopic (exact) mass is 291 g/mol. The van der Waals surface area contributed by atoms with E-state index in [9.17, 15) is 9.59 Å². The lowest BCUT2D eigenvalue weighted by atomic mass is 9.82. The van der Waals surface area contributed by atoms with Gasteiger partial charge < -0.3 is 16.0 Å². The van der Waals surface area contributed by atoms with Crippen molar-refractivity contribution >= 4 is 24.2 Å². The summed E-state index contributed by atoms with van der Waals surface area (Å²) in [5.74, 6) is 0.0871. The van der Waals surface area contributed by atoms with Crippen molar-refractivity contribution in [2.45, 2.75) is 33.6 Å². The van der Waals surface area contributed by atoms with E-state index in [-0.39, 0.29) is 35.6 Å². The minimum Gasteiger partial charge on any atom is -0.354 e. The third-order valence-corrected chi connectivity index (χ3v) is 3.38. The van der Waals surface area contributed by atoms with Crippen molar-refractivity contribution in [3.63, 3.8) is 0 Å². The van der Waals surface area contributed by atoms with Crippen molar-refractivity contribution in [3.8, 4) is 0 Å². The molecule has 0 aromatic heterocycles. The highest BCUT2D eigenvalue weighted by Crippen LogP contribution is 2.25. The standard InChI is InChI=1S/C13H25N3O2.ClH/c1-10(2)11(17)15-7-8-16-12(18)13(3)5-4-6-14-9-13;/h10,14H,4-9H2,1-3H3,(H,15,17)(H,16,18);1H. The fourth-order valence-electron chi connectivity index (χ4n) is 2.03. The number of rotatable bonds is 5. The van der Waals surface area contributed by atoms with Gasteiger partial charge in [0.1, 0.15) is 0 Å². The largest absolute Gasteiger partial charge is 0.354 e. The van der Waals surface area contributed by atoms with Gasteiger partial charge in [-0.05, 0) is 26.3 Å². The van der Waals surface area contributed by atoms with Crippen LogP contribution in [0.25, 0.3) is 0 Å². The van der Waals surface area contributed by atoms with Crippen molar-refractivity contribution in [1.29, 1.82) is 0 Å². The van der Waals surface area contributed by atoms with Crippen molar-refractivity contribution in [2.75, 3.05) is 26.2 Å². The van der Waals surface area contributed by atoms with Crippen LogP contribution in [0.5, 0.6) is 0 Å². The molecule has 3 N–H and O–H groups in total. The van der Waals surface area contributed by atoms with Gasteiger partial charge in [0.15, 0.2) is 0 Å². The lowest BCUT2D eigenvalue weighted by Gasteiger charge is -2.32. The Morgan fingerprint density at radius 1 is 1.26 bits per heavy atom. The van der Waals surface area contributed by atoms with Crippen molar-refractivity contribution in [2.24, 2.45) is 11.3 Å². The number of amides is 2. The lowest BCUT2D eigenvalue weighted by Crippen LogP contribution is -2.50. The molecule has 1 heterocycles. The molecule has 0 saturated carbocycles. The highest BCUT2D eigenvalue weighted by molar-refractivity contribution is 5.85. The van der Waals surface area contributed by atoms with E-state index in [1.54, 1.807) is 0 Å². The highest BCUT2D eigenvalue weighted by Gasteiger charge is 2.34. The van der Waals surface area contributed by atoms with Crippen LogP contribution in [0.3, 0.4) is 0 Å². The molecule has 6 heteroatoms. The molecule has 0 radical (unpaired) electrons. The normalized spacial score (nSPS) is 22.5. The SMILES string of the molecule is CC(C)C(=O)NCCNC(=O)C1(C)CCCNC1.Cl. The van der Waals surface area contributed by atoms with Gasteiger partial charge in [-0.2, -0.15) is 0 Å². The molecule has 0 aromatic carbocycles. The first-order valence-electron chi connectivity index (χ1n) is 6.72. The van der Waals surface area contributed by atoms with Gasteiger partial charge in [0.25, 0.3) is 0 Å². The third kappa shape index (κ3) is 5.78. The summed E-state index contributed by atoms with van der Waals surface area (Å²) in [6.07, 6.45) is 1.96. The number of piperidine rings is 1. The van der Waals surface area contributed by atoms with Crippen LogP contribution in [0.15, 0.2) is 0 Å². The van der Waals surface area contributed by atoms with Crippen molar-refractivity contribution in [3.05, 3.63) is 0 Å². The number of hydrogen-bond acceptors (Lipinski definition) is 3. The van der Waals surface area contributed by atoms with Crippen LogP contribution in [0, 0.1) is 11.3 Å². The van der Waals surface area contributed by atoms with Crippen LogP contribution in [-0.4, -0.2) is 38.0 Å². The summed E-state index contributed by atoms with van der Waals surface area (Å²) in [5, 5.41) is 8.93. The number of hydrogen-bond donors (Lipinski definition) is 3. The Morgan fingerprint density at radius 3 is 2.42 bits per heavy atom. The summed E-state index contributed by atoms with van der Waals surface area (Å²) in [6, 6.07) is 0. The molecule has 1 fully saturated rings. The molecule has 0 spiro atoms. The first-order valence-corrected chi connectivity index (χ1v) is 6.72. The van der Waals surface area contributed by atoms with Gasteiger partial charge in [-0.1, -0.05) is 13.8 Å². The lowest BCUT2D eigenvalue weighted by molar-refractivity contribution is -0.131. The van der Waals surface area contributed by atoms with Crippen molar-refractivity contribution in [1.82, 2.24) is 16.0 Å². The quantitative estimate of drug-likeness (QED) is 0.653. The molecule has 112 valence electrons. The predicted octanol–water partition coefficient (Wildman–Crippen LogP) is 0.686. The number of carbonyl (C=O) groups is 2. The molecule has 19 heavy (non-hydrogen) atoms. The van der Waals surface area contributed by atoms with Crippen LogP contribution < -0.4 is 16.0 Å². The zero-order chi connectivity index (χ0) is 13.6. The smallest absolute Gasteiger partial charge is 0.227 e. The average Bonchev–Trinajstić information content (AvgIpc) is 2.34. The minimum atomic E-state index is -0.305. The Kier molecular flexibility index (Phi) is 8.02. The Labute approximate surface area is 121 Å². The second-order valence-corrected chi connectivity index (χ2v) is 5.54. The molecule has 1 unspecified atom stereocenters. The molecule has 5 nitrogen and oxygen atoms in total. The number of nitrogens with one attached hydrogen (secondary N) is 3. The highest BCUT2D eigenvalue weighted by atomic mass is 35.5. The summed E-state index contributed by atoms with van der Waals surface area (Å²) < 4.78 is 0. The molecule has 0 aromatic rings. The van der Waals surface area contributed by atoms with E-state index in [1.165, 1.54) is 0 Å². The van der Waals surface area contributed by atoms with E-state index in [2.05, 4.69) is 16.0 Å². The Balaban J connectivity index is 0.00000324. The Hall–Kier alpha value is -0.810. The van der Waals surface area contributed by atoms with E-state index in [0.29, 0.717) is 13.1 Å². The van der Waals surface area contributed by atoms with Gasteiger partial charge in [-0.3, -0.25) is 9.59 Å². The zero-order valence-electron chi connectivity index (χ0n) is 12.0. The summed E-state index contributed by atoms with van der Waals surface area (Å²) in [6.45, 7) is 8.40. The molecule has 1 aliphatic heterocycles.